The van der Waals surface area contributed by atoms with Crippen LogP contribution in [0.3, 0.4) is 0 Å². The molecule has 0 aliphatic carbocycles. The molecule has 30 heavy (non-hydrogen) atoms. The van der Waals surface area contributed by atoms with Crippen molar-refractivity contribution < 1.29 is 17.9 Å². The molecule has 0 atom stereocenters. The maximum Gasteiger partial charge on any atom is 0.337 e. The minimum atomic E-state index is -3.62. The van der Waals surface area contributed by atoms with E-state index in [9.17, 15) is 18.5 Å². The van der Waals surface area contributed by atoms with Gasteiger partial charge in [-0.2, -0.15) is 9.57 Å². The average molecular weight is 418 g/mol. The van der Waals surface area contributed by atoms with Crippen LogP contribution in [0.5, 0.6) is 0 Å². The lowest BCUT2D eigenvalue weighted by molar-refractivity contribution is 0.0600. The van der Waals surface area contributed by atoms with Crippen LogP contribution in [0.15, 0.2) is 71.6 Å². The second-order valence-corrected chi connectivity index (χ2v) is 8.87. The van der Waals surface area contributed by atoms with E-state index in [0.717, 1.165) is 16.7 Å². The largest absolute Gasteiger partial charge is 0.465 e. The van der Waals surface area contributed by atoms with Crippen molar-refractivity contribution in [2.75, 3.05) is 7.11 Å². The van der Waals surface area contributed by atoms with Gasteiger partial charge >= 0.3 is 5.97 Å². The number of hydrogen-bond donors (Lipinski definition) is 0. The van der Waals surface area contributed by atoms with Gasteiger partial charge in [-0.1, -0.05) is 30.3 Å². The zero-order valence-corrected chi connectivity index (χ0v) is 17.0. The third kappa shape index (κ3) is 3.47. The number of nitrogens with zero attached hydrogens (tertiary/aromatic N) is 2. The lowest BCUT2D eigenvalue weighted by atomic mass is 9.95. The van der Waals surface area contributed by atoms with E-state index in [1.165, 1.54) is 11.4 Å². The third-order valence-corrected chi connectivity index (χ3v) is 6.96. The van der Waals surface area contributed by atoms with Crippen molar-refractivity contribution in [1.82, 2.24) is 4.31 Å². The molecule has 1 aliphatic rings. The van der Waals surface area contributed by atoms with E-state index >= 15 is 0 Å². The molecular formula is C23H18N2O4S. The van der Waals surface area contributed by atoms with Gasteiger partial charge in [-0.3, -0.25) is 0 Å². The van der Waals surface area contributed by atoms with Gasteiger partial charge in [0.1, 0.15) is 0 Å². The molecule has 0 spiro atoms. The van der Waals surface area contributed by atoms with Crippen molar-refractivity contribution in [3.8, 4) is 17.2 Å². The van der Waals surface area contributed by atoms with Crippen molar-refractivity contribution in [3.63, 3.8) is 0 Å². The van der Waals surface area contributed by atoms with Crippen LogP contribution in [0.25, 0.3) is 11.1 Å². The van der Waals surface area contributed by atoms with Crippen LogP contribution in [0, 0.1) is 11.3 Å². The Morgan fingerprint density at radius 1 is 1.00 bits per heavy atom. The van der Waals surface area contributed by atoms with Crippen molar-refractivity contribution in [1.29, 1.82) is 5.26 Å². The molecule has 0 saturated heterocycles. The fourth-order valence-electron chi connectivity index (χ4n) is 3.57. The Labute approximate surface area is 175 Å². The summed E-state index contributed by atoms with van der Waals surface area (Å²) in [5.74, 6) is -0.433. The third-order valence-electron chi connectivity index (χ3n) is 5.15. The monoisotopic (exact) mass is 418 g/mol. The first-order chi connectivity index (χ1) is 14.4. The zero-order chi connectivity index (χ0) is 21.3. The molecule has 3 aromatic rings. The lowest BCUT2D eigenvalue weighted by Gasteiger charge is -2.15. The quantitative estimate of drug-likeness (QED) is 0.603. The molecule has 0 fully saturated rings. The number of rotatable bonds is 4. The van der Waals surface area contributed by atoms with Gasteiger partial charge in [0.2, 0.25) is 10.0 Å². The minimum absolute atomic E-state index is 0.225. The lowest BCUT2D eigenvalue weighted by Crippen LogP contribution is -2.25. The van der Waals surface area contributed by atoms with Gasteiger partial charge in [0.15, 0.2) is 0 Å². The molecule has 1 heterocycles. The minimum Gasteiger partial charge on any atom is -0.465 e. The number of methoxy groups -OCH3 is 1. The maximum atomic E-state index is 13.0. The van der Waals surface area contributed by atoms with Crippen LogP contribution >= 0.6 is 0 Å². The van der Waals surface area contributed by atoms with Gasteiger partial charge in [-0.05, 0) is 58.7 Å². The Morgan fingerprint density at radius 3 is 2.23 bits per heavy atom. The molecule has 150 valence electrons. The molecule has 3 aromatic carbocycles. The van der Waals surface area contributed by atoms with Gasteiger partial charge < -0.3 is 4.74 Å². The average Bonchev–Trinajstić information content (AvgIpc) is 3.22. The molecule has 0 aromatic heterocycles. The molecule has 0 unspecified atom stereocenters. The molecular weight excluding hydrogens is 400 g/mol. The number of sulfonamides is 1. The highest BCUT2D eigenvalue weighted by molar-refractivity contribution is 7.89. The Hall–Kier alpha value is -3.47. The first-order valence-corrected chi connectivity index (χ1v) is 10.7. The number of carbonyl (C=O) groups excluding carboxylic acids is 1. The van der Waals surface area contributed by atoms with Crippen molar-refractivity contribution >= 4 is 16.0 Å². The van der Waals surface area contributed by atoms with Gasteiger partial charge in [0.05, 0.1) is 29.2 Å². The second-order valence-electron chi connectivity index (χ2n) is 6.93. The SMILES string of the molecule is COC(=O)c1ccc(-c2cc3c(cc2C#N)CN(S(=O)(=O)c2ccccc2)C3)cc1. The highest BCUT2D eigenvalue weighted by Gasteiger charge is 2.31. The first-order valence-electron chi connectivity index (χ1n) is 9.24. The van der Waals surface area contributed by atoms with E-state index in [0.29, 0.717) is 16.7 Å². The van der Waals surface area contributed by atoms with E-state index < -0.39 is 16.0 Å². The van der Waals surface area contributed by atoms with E-state index in [2.05, 4.69) is 6.07 Å². The Kier molecular flexibility index (Phi) is 5.12. The molecule has 0 radical (unpaired) electrons. The van der Waals surface area contributed by atoms with E-state index in [1.54, 1.807) is 60.7 Å². The topological polar surface area (TPSA) is 87.5 Å². The van der Waals surface area contributed by atoms with Gasteiger partial charge in [-0.25, -0.2) is 13.2 Å². The predicted octanol–water partition coefficient (Wildman–Crippen LogP) is 3.72. The van der Waals surface area contributed by atoms with Crippen molar-refractivity contribution in [2.45, 2.75) is 18.0 Å². The van der Waals surface area contributed by atoms with Crippen LogP contribution in [-0.2, 0) is 27.8 Å². The number of ether oxygens (including phenoxy) is 1. The highest BCUT2D eigenvalue weighted by atomic mass is 32.2. The van der Waals surface area contributed by atoms with Crippen molar-refractivity contribution in [2.24, 2.45) is 0 Å². The molecule has 1 aliphatic heterocycles. The summed E-state index contributed by atoms with van der Waals surface area (Å²) in [7, 11) is -2.30. The molecule has 0 bridgehead atoms. The Balaban J connectivity index is 1.69. The van der Waals surface area contributed by atoms with E-state index in [4.69, 9.17) is 4.74 Å². The first kappa shape index (κ1) is 19.8. The summed E-state index contributed by atoms with van der Waals surface area (Å²) < 4.78 is 32.0. The van der Waals surface area contributed by atoms with Crippen LogP contribution in [-0.4, -0.2) is 25.8 Å². The number of esters is 1. The normalized spacial score (nSPS) is 13.5. The molecule has 4 rings (SSSR count). The fraction of sp³-hybridized carbons (Fsp3) is 0.130. The summed E-state index contributed by atoms with van der Waals surface area (Å²) in [5, 5.41) is 9.64. The van der Waals surface area contributed by atoms with E-state index in [1.807, 2.05) is 6.07 Å². The van der Waals surface area contributed by atoms with E-state index in [-0.39, 0.29) is 18.0 Å². The molecule has 6 nitrogen and oxygen atoms in total. The Morgan fingerprint density at radius 2 is 1.63 bits per heavy atom. The predicted molar refractivity (Wildman–Crippen MR) is 111 cm³/mol. The maximum absolute atomic E-state index is 13.0. The summed E-state index contributed by atoms with van der Waals surface area (Å²) in [6, 6.07) is 20.9. The highest BCUT2D eigenvalue weighted by Crippen LogP contribution is 2.34. The smallest absolute Gasteiger partial charge is 0.337 e. The molecule has 7 heteroatoms. The number of nitriles is 1. The molecule has 0 amide bonds. The summed E-state index contributed by atoms with van der Waals surface area (Å²) in [6.07, 6.45) is 0. The number of benzene rings is 3. The fourth-order valence-corrected chi connectivity index (χ4v) is 4.98. The van der Waals surface area contributed by atoms with Crippen LogP contribution in [0.1, 0.15) is 27.0 Å². The zero-order valence-electron chi connectivity index (χ0n) is 16.2. The van der Waals surface area contributed by atoms with Crippen molar-refractivity contribution in [3.05, 3.63) is 89.0 Å². The summed E-state index contributed by atoms with van der Waals surface area (Å²) in [4.78, 5) is 11.9. The van der Waals surface area contributed by atoms with Crippen LogP contribution < -0.4 is 0 Å². The van der Waals surface area contributed by atoms with Gasteiger partial charge in [0.25, 0.3) is 0 Å². The summed E-state index contributed by atoms with van der Waals surface area (Å²) >= 11 is 0. The Bertz CT molecular complexity index is 1260. The second kappa shape index (κ2) is 7.75. The molecule has 0 N–H and O–H groups in total. The van der Waals surface area contributed by atoms with Gasteiger partial charge in [0, 0.05) is 13.1 Å². The summed E-state index contributed by atoms with van der Waals surface area (Å²) in [6.45, 7) is 0.467. The number of carbonyl (C=O) groups is 1. The van der Waals surface area contributed by atoms with Crippen LogP contribution in [0.2, 0.25) is 0 Å². The molecule has 0 saturated carbocycles. The number of hydrogen-bond acceptors (Lipinski definition) is 5. The number of fused-ring (bicyclic) bond motifs is 1. The van der Waals surface area contributed by atoms with Gasteiger partial charge in [-0.15, -0.1) is 0 Å². The summed E-state index contributed by atoms with van der Waals surface area (Å²) in [5.41, 5.74) is 4.03. The standard InChI is InChI=1S/C23H18N2O4S/c1-29-23(26)17-9-7-16(8-10-17)22-12-20-15-25(14-19(20)11-18(22)13-24)30(27,28)21-5-3-2-4-6-21/h2-12H,14-15H2,1H3. The van der Waals surface area contributed by atoms with Crippen LogP contribution in [0.4, 0.5) is 0 Å².